The maximum Gasteiger partial charge on any atom is 0.356 e. The summed E-state index contributed by atoms with van der Waals surface area (Å²) in [5, 5.41) is 9.88. The van der Waals surface area contributed by atoms with Crippen molar-refractivity contribution in [2.75, 3.05) is 0 Å². The van der Waals surface area contributed by atoms with Crippen LogP contribution >= 0.6 is 23.2 Å². The Morgan fingerprint density at radius 2 is 1.75 bits per heavy atom. The Morgan fingerprint density at radius 3 is 2.47 bits per heavy atom. The van der Waals surface area contributed by atoms with Gasteiger partial charge in [-0.05, 0) is 72.9 Å². The molecule has 1 aliphatic carbocycles. The molecule has 32 heavy (non-hydrogen) atoms. The molecule has 0 atom stereocenters. The standard InChI is InChI=1S/C24H17Cl2F2NO3/c25-13-7-10-22(32-12-17-19(27)5-2-6-20(17)28)16(11-13)14-3-1-4-15(14)21-9-8-18(26)23(29-21)24(30)31/h2,5-11H,1,3-4,12H2,(H,30,31). The molecule has 0 saturated carbocycles. The van der Waals surface area contributed by atoms with Crippen LogP contribution in [-0.4, -0.2) is 16.1 Å². The molecule has 0 amide bonds. The van der Waals surface area contributed by atoms with Crippen molar-refractivity contribution in [1.82, 2.24) is 4.98 Å². The molecule has 3 aromatic rings. The molecule has 2 aromatic carbocycles. The van der Waals surface area contributed by atoms with Crippen LogP contribution in [0.2, 0.25) is 10.0 Å². The molecule has 164 valence electrons. The van der Waals surface area contributed by atoms with Gasteiger partial charge in [-0.3, -0.25) is 0 Å². The first-order valence-corrected chi connectivity index (χ1v) is 10.6. The maximum atomic E-state index is 14.0. The molecule has 1 aromatic heterocycles. The molecule has 8 heteroatoms. The highest BCUT2D eigenvalue weighted by molar-refractivity contribution is 6.33. The number of aromatic nitrogens is 1. The van der Waals surface area contributed by atoms with E-state index in [-0.39, 0.29) is 22.9 Å². The fourth-order valence-electron chi connectivity index (χ4n) is 3.77. The van der Waals surface area contributed by atoms with E-state index in [0.29, 0.717) is 34.9 Å². The normalized spacial score (nSPS) is 13.5. The summed E-state index contributed by atoms with van der Waals surface area (Å²) in [6, 6.07) is 11.8. The van der Waals surface area contributed by atoms with Crippen LogP contribution < -0.4 is 4.74 Å². The molecule has 0 saturated heterocycles. The smallest absolute Gasteiger partial charge is 0.356 e. The highest BCUT2D eigenvalue weighted by Crippen LogP contribution is 2.43. The minimum Gasteiger partial charge on any atom is -0.488 e. The van der Waals surface area contributed by atoms with Gasteiger partial charge in [0.2, 0.25) is 0 Å². The largest absolute Gasteiger partial charge is 0.488 e. The third-order valence-electron chi connectivity index (χ3n) is 5.28. The molecule has 0 aliphatic heterocycles. The zero-order valence-corrected chi connectivity index (χ0v) is 18.2. The first-order chi connectivity index (χ1) is 15.3. The van der Waals surface area contributed by atoms with Crippen molar-refractivity contribution in [3.63, 3.8) is 0 Å². The van der Waals surface area contributed by atoms with Crippen molar-refractivity contribution in [2.45, 2.75) is 25.9 Å². The van der Waals surface area contributed by atoms with Crippen LogP contribution in [0, 0.1) is 11.6 Å². The number of halogens is 4. The highest BCUT2D eigenvalue weighted by atomic mass is 35.5. The Kier molecular flexibility index (Phi) is 6.44. The number of ether oxygens (including phenoxy) is 1. The van der Waals surface area contributed by atoms with E-state index in [1.807, 2.05) is 0 Å². The van der Waals surface area contributed by atoms with Crippen LogP contribution in [0.5, 0.6) is 5.75 Å². The van der Waals surface area contributed by atoms with Crippen LogP contribution in [0.25, 0.3) is 11.1 Å². The number of hydrogen-bond acceptors (Lipinski definition) is 3. The zero-order chi connectivity index (χ0) is 22.8. The van der Waals surface area contributed by atoms with E-state index in [0.717, 1.165) is 17.6 Å². The molecule has 0 bridgehead atoms. The van der Waals surface area contributed by atoms with Crippen molar-refractivity contribution in [3.05, 3.63) is 92.7 Å². The summed E-state index contributed by atoms with van der Waals surface area (Å²) in [7, 11) is 0. The summed E-state index contributed by atoms with van der Waals surface area (Å²) in [4.78, 5) is 15.7. The zero-order valence-electron chi connectivity index (χ0n) is 16.7. The van der Waals surface area contributed by atoms with Gasteiger partial charge in [-0.1, -0.05) is 29.3 Å². The summed E-state index contributed by atoms with van der Waals surface area (Å²) in [5.74, 6) is -2.17. The summed E-state index contributed by atoms with van der Waals surface area (Å²) < 4.78 is 33.8. The predicted octanol–water partition coefficient (Wildman–Crippen LogP) is 7.04. The van der Waals surface area contributed by atoms with Crippen molar-refractivity contribution in [3.8, 4) is 5.75 Å². The predicted molar refractivity (Wildman–Crippen MR) is 119 cm³/mol. The Morgan fingerprint density at radius 1 is 1.03 bits per heavy atom. The SMILES string of the molecule is O=C(O)c1nc(C2=C(c3cc(Cl)ccc3OCc3c(F)cccc3F)CCC2)ccc1Cl. The fraction of sp³-hybridized carbons (Fsp3) is 0.167. The number of nitrogens with zero attached hydrogens (tertiary/aromatic N) is 1. The number of allylic oxidation sites excluding steroid dienone is 2. The van der Waals surface area contributed by atoms with Gasteiger partial charge in [0, 0.05) is 10.6 Å². The van der Waals surface area contributed by atoms with Gasteiger partial charge >= 0.3 is 5.97 Å². The highest BCUT2D eigenvalue weighted by Gasteiger charge is 2.23. The second kappa shape index (κ2) is 9.27. The van der Waals surface area contributed by atoms with Crippen LogP contribution in [0.4, 0.5) is 8.78 Å². The molecule has 4 nitrogen and oxygen atoms in total. The lowest BCUT2D eigenvalue weighted by Gasteiger charge is -2.15. The molecular weight excluding hydrogens is 459 g/mol. The average Bonchev–Trinajstić information content (AvgIpc) is 3.24. The monoisotopic (exact) mass is 475 g/mol. The lowest BCUT2D eigenvalue weighted by atomic mass is 9.98. The topological polar surface area (TPSA) is 59.4 Å². The molecule has 4 rings (SSSR count). The van der Waals surface area contributed by atoms with Crippen LogP contribution in [0.3, 0.4) is 0 Å². The fourth-order valence-corrected chi connectivity index (χ4v) is 4.13. The van der Waals surface area contributed by atoms with Crippen molar-refractivity contribution in [2.24, 2.45) is 0 Å². The number of benzene rings is 2. The number of carbonyl (C=O) groups is 1. The van der Waals surface area contributed by atoms with Gasteiger partial charge in [-0.15, -0.1) is 0 Å². The van der Waals surface area contributed by atoms with Gasteiger partial charge in [0.15, 0.2) is 5.69 Å². The lowest BCUT2D eigenvalue weighted by molar-refractivity contribution is 0.0690. The molecule has 0 unspecified atom stereocenters. The van der Waals surface area contributed by atoms with E-state index in [1.54, 1.807) is 24.3 Å². The average molecular weight is 476 g/mol. The van der Waals surface area contributed by atoms with Crippen LogP contribution in [0.15, 0.2) is 48.5 Å². The molecule has 1 heterocycles. The number of pyridine rings is 1. The molecule has 0 spiro atoms. The number of carboxylic acids is 1. The minimum absolute atomic E-state index is 0.0556. The van der Waals surface area contributed by atoms with E-state index >= 15 is 0 Å². The quantitative estimate of drug-likeness (QED) is 0.415. The van der Waals surface area contributed by atoms with Gasteiger partial charge in [-0.25, -0.2) is 18.6 Å². The molecule has 0 radical (unpaired) electrons. The van der Waals surface area contributed by atoms with Gasteiger partial charge in [0.05, 0.1) is 16.3 Å². The number of hydrogen-bond donors (Lipinski definition) is 1. The van der Waals surface area contributed by atoms with Gasteiger partial charge in [0.25, 0.3) is 0 Å². The minimum atomic E-state index is -1.21. The first kappa shape index (κ1) is 22.2. The van der Waals surface area contributed by atoms with E-state index in [4.69, 9.17) is 27.9 Å². The van der Waals surface area contributed by atoms with Crippen LogP contribution in [0.1, 0.15) is 46.6 Å². The number of aromatic carboxylic acids is 1. The molecule has 0 fully saturated rings. The van der Waals surface area contributed by atoms with Crippen molar-refractivity contribution >= 4 is 40.3 Å². The third-order valence-corrected chi connectivity index (χ3v) is 5.82. The van der Waals surface area contributed by atoms with Gasteiger partial charge in [-0.2, -0.15) is 0 Å². The molecular formula is C24H17Cl2F2NO3. The molecule has 1 N–H and O–H groups in total. The van der Waals surface area contributed by atoms with E-state index in [9.17, 15) is 18.7 Å². The van der Waals surface area contributed by atoms with Crippen LogP contribution in [-0.2, 0) is 6.61 Å². The van der Waals surface area contributed by atoms with E-state index < -0.39 is 17.6 Å². The number of carboxylic acid groups (broad SMARTS) is 1. The van der Waals surface area contributed by atoms with E-state index in [1.165, 1.54) is 24.3 Å². The molecule has 1 aliphatic rings. The third kappa shape index (κ3) is 4.47. The maximum absolute atomic E-state index is 14.0. The van der Waals surface area contributed by atoms with Gasteiger partial charge < -0.3 is 9.84 Å². The lowest BCUT2D eigenvalue weighted by Crippen LogP contribution is -2.05. The van der Waals surface area contributed by atoms with E-state index in [2.05, 4.69) is 4.98 Å². The second-order valence-corrected chi connectivity index (χ2v) is 8.12. The Labute approximate surface area is 193 Å². The summed E-state index contributed by atoms with van der Waals surface area (Å²) >= 11 is 12.2. The summed E-state index contributed by atoms with van der Waals surface area (Å²) in [6.45, 7) is -0.294. The Balaban J connectivity index is 1.75. The van der Waals surface area contributed by atoms with Crippen molar-refractivity contribution < 1.29 is 23.4 Å². The summed E-state index contributed by atoms with van der Waals surface area (Å²) in [6.07, 6.45) is 2.19. The number of rotatable bonds is 6. The first-order valence-electron chi connectivity index (χ1n) is 9.83. The van der Waals surface area contributed by atoms with Gasteiger partial charge in [0.1, 0.15) is 24.0 Å². The Hall–Kier alpha value is -2.96. The summed E-state index contributed by atoms with van der Waals surface area (Å²) in [5.41, 5.74) is 2.54. The second-order valence-electron chi connectivity index (χ2n) is 7.27. The van der Waals surface area contributed by atoms with Crippen molar-refractivity contribution in [1.29, 1.82) is 0 Å². The Bertz CT molecular complexity index is 1220.